The minimum Gasteiger partial charge on any atom is -0.460 e. The summed E-state index contributed by atoms with van der Waals surface area (Å²) in [5.74, 6) is 0.594. The number of rotatable bonds is 7. The number of esters is 1. The molecule has 0 aromatic carbocycles. The predicted molar refractivity (Wildman–Crippen MR) is 71.2 cm³/mol. The smallest absolute Gasteiger partial charge is 0.309 e. The molecule has 0 spiro atoms. The molecule has 19 heavy (non-hydrogen) atoms. The summed E-state index contributed by atoms with van der Waals surface area (Å²) in [6.45, 7) is 3.26. The molecule has 0 radical (unpaired) electrons. The van der Waals surface area contributed by atoms with E-state index in [1.807, 2.05) is 0 Å². The first-order valence-electron chi connectivity index (χ1n) is 6.60. The lowest BCUT2D eigenvalue weighted by Gasteiger charge is -2.08. The molecule has 1 aliphatic heterocycles. The summed E-state index contributed by atoms with van der Waals surface area (Å²) in [5.41, 5.74) is 0. The summed E-state index contributed by atoms with van der Waals surface area (Å²) < 4.78 is 11.1. The van der Waals surface area contributed by atoms with Crippen molar-refractivity contribution in [2.75, 3.05) is 13.2 Å². The van der Waals surface area contributed by atoms with Crippen LogP contribution in [-0.2, 0) is 20.7 Å². The molecule has 0 aliphatic carbocycles. The van der Waals surface area contributed by atoms with Gasteiger partial charge in [0.1, 0.15) is 11.9 Å². The maximum atomic E-state index is 11.7. The summed E-state index contributed by atoms with van der Waals surface area (Å²) in [6.07, 6.45) is 3.02. The van der Waals surface area contributed by atoms with Gasteiger partial charge in [0, 0.05) is 13.0 Å². The Bertz CT molecular complexity index is 471. The number of H-pyrrole nitrogens is 2. The highest BCUT2D eigenvalue weighted by molar-refractivity contribution is 7.71. The van der Waals surface area contributed by atoms with Crippen LogP contribution in [0.3, 0.4) is 0 Å². The summed E-state index contributed by atoms with van der Waals surface area (Å²) in [6, 6.07) is 0. The zero-order valence-electron chi connectivity index (χ0n) is 11.0. The van der Waals surface area contributed by atoms with Crippen LogP contribution in [0.5, 0.6) is 0 Å². The van der Waals surface area contributed by atoms with E-state index in [1.54, 1.807) is 0 Å². The number of aryl methyl sites for hydroxylation is 1. The first-order chi connectivity index (χ1) is 9.19. The van der Waals surface area contributed by atoms with E-state index < -0.39 is 0 Å². The van der Waals surface area contributed by atoms with Crippen molar-refractivity contribution in [3.05, 3.63) is 10.6 Å². The second-order valence-corrected chi connectivity index (χ2v) is 5.11. The Kier molecular flexibility index (Phi) is 5.09. The number of carbonyl (C=O) groups is 1. The highest BCUT2D eigenvalue weighted by Gasteiger charge is 2.34. The Morgan fingerprint density at radius 2 is 2.37 bits per heavy atom. The Morgan fingerprint density at radius 1 is 1.53 bits per heavy atom. The van der Waals surface area contributed by atoms with E-state index in [4.69, 9.17) is 21.7 Å². The van der Waals surface area contributed by atoms with Crippen molar-refractivity contribution in [3.8, 4) is 0 Å². The number of hydrogen-bond acceptors (Lipinski definition) is 5. The summed E-state index contributed by atoms with van der Waals surface area (Å²) in [7, 11) is 0. The largest absolute Gasteiger partial charge is 0.460 e. The van der Waals surface area contributed by atoms with Crippen molar-refractivity contribution < 1.29 is 14.3 Å². The molecule has 2 heterocycles. The van der Waals surface area contributed by atoms with Crippen molar-refractivity contribution in [2.45, 2.75) is 38.7 Å². The molecular weight excluding hydrogens is 266 g/mol. The first-order valence-corrected chi connectivity index (χ1v) is 7.01. The van der Waals surface area contributed by atoms with E-state index in [1.165, 1.54) is 0 Å². The third-order valence-corrected chi connectivity index (χ3v) is 3.29. The average molecular weight is 285 g/mol. The molecule has 2 rings (SSSR count). The van der Waals surface area contributed by atoms with E-state index >= 15 is 0 Å². The van der Waals surface area contributed by atoms with Gasteiger partial charge in [0.25, 0.3) is 0 Å². The Balaban J connectivity index is 1.75. The number of cyclic esters (lactones) is 1. The van der Waals surface area contributed by atoms with E-state index in [2.05, 4.69) is 22.1 Å². The summed E-state index contributed by atoms with van der Waals surface area (Å²) >= 11 is 4.88. The van der Waals surface area contributed by atoms with Gasteiger partial charge < -0.3 is 9.47 Å². The molecule has 0 bridgehead atoms. The van der Waals surface area contributed by atoms with Crippen molar-refractivity contribution in [1.82, 2.24) is 15.2 Å². The number of hydrogen-bond donors (Lipinski definition) is 2. The van der Waals surface area contributed by atoms with Gasteiger partial charge >= 0.3 is 5.97 Å². The van der Waals surface area contributed by atoms with E-state index in [9.17, 15) is 4.79 Å². The molecule has 0 amide bonds. The zero-order valence-corrected chi connectivity index (χ0v) is 11.8. The van der Waals surface area contributed by atoms with E-state index in [0.29, 0.717) is 24.4 Å². The maximum Gasteiger partial charge on any atom is 0.309 e. The molecule has 2 N–H and O–H groups in total. The third-order valence-electron chi connectivity index (χ3n) is 3.10. The molecule has 0 unspecified atom stereocenters. The fourth-order valence-corrected chi connectivity index (χ4v) is 2.31. The lowest BCUT2D eigenvalue weighted by molar-refractivity contribution is -0.146. The Morgan fingerprint density at radius 3 is 3.05 bits per heavy atom. The van der Waals surface area contributed by atoms with E-state index in [0.717, 1.165) is 25.1 Å². The van der Waals surface area contributed by atoms with Crippen LogP contribution in [0.1, 0.15) is 32.0 Å². The molecule has 6 nitrogen and oxygen atoms in total. The minimum absolute atomic E-state index is 0.0612. The van der Waals surface area contributed by atoms with Crippen LogP contribution in [0.15, 0.2) is 0 Å². The third kappa shape index (κ3) is 4.14. The van der Waals surface area contributed by atoms with Crippen LogP contribution in [0, 0.1) is 10.7 Å². The highest BCUT2D eigenvalue weighted by atomic mass is 32.1. The van der Waals surface area contributed by atoms with Crippen LogP contribution in [-0.4, -0.2) is 40.5 Å². The van der Waals surface area contributed by atoms with Gasteiger partial charge in [0.15, 0.2) is 0 Å². The van der Waals surface area contributed by atoms with Crippen LogP contribution in [0.25, 0.3) is 0 Å². The number of nitrogens with one attached hydrogen (secondary N) is 2. The molecule has 2 atom stereocenters. The maximum absolute atomic E-state index is 11.7. The number of carbonyl (C=O) groups excluding carboxylic acids is 1. The quantitative estimate of drug-likeness (QED) is 0.453. The average Bonchev–Trinajstić information content (AvgIpc) is 2.94. The van der Waals surface area contributed by atoms with E-state index in [-0.39, 0.29) is 18.0 Å². The minimum atomic E-state index is -0.126. The SMILES string of the molecule is CCCOC[C@@H]1C[C@H](CCc2nc(=S)[nH][nH]2)C(=O)O1. The highest BCUT2D eigenvalue weighted by Crippen LogP contribution is 2.25. The molecule has 7 heteroatoms. The lowest BCUT2D eigenvalue weighted by atomic mass is 9.99. The van der Waals surface area contributed by atoms with Crippen molar-refractivity contribution in [3.63, 3.8) is 0 Å². The lowest BCUT2D eigenvalue weighted by Crippen LogP contribution is -2.15. The molecular formula is C12H19N3O3S. The van der Waals surface area contributed by atoms with Gasteiger partial charge in [-0.2, -0.15) is 0 Å². The van der Waals surface area contributed by atoms with Gasteiger partial charge in [0.2, 0.25) is 4.77 Å². The van der Waals surface area contributed by atoms with Gasteiger partial charge in [-0.15, -0.1) is 0 Å². The van der Waals surface area contributed by atoms with Crippen molar-refractivity contribution in [2.24, 2.45) is 5.92 Å². The predicted octanol–water partition coefficient (Wildman–Crippen LogP) is 1.76. The summed E-state index contributed by atoms with van der Waals surface area (Å²) in [4.78, 5) is 15.8. The topological polar surface area (TPSA) is 80.0 Å². The van der Waals surface area contributed by atoms with Gasteiger partial charge in [-0.3, -0.25) is 15.0 Å². The van der Waals surface area contributed by atoms with Gasteiger partial charge in [-0.1, -0.05) is 6.92 Å². The van der Waals surface area contributed by atoms with Gasteiger partial charge in [0.05, 0.1) is 12.5 Å². The molecule has 1 aliphatic rings. The summed E-state index contributed by atoms with van der Waals surface area (Å²) in [5, 5.41) is 5.62. The van der Waals surface area contributed by atoms with Crippen LogP contribution in [0.2, 0.25) is 0 Å². The molecule has 1 aromatic heterocycles. The molecule has 0 saturated carbocycles. The fourth-order valence-electron chi connectivity index (χ4n) is 2.15. The van der Waals surface area contributed by atoms with Crippen molar-refractivity contribution >= 4 is 18.2 Å². The number of nitrogens with zero attached hydrogens (tertiary/aromatic N) is 1. The Labute approximate surface area is 116 Å². The van der Waals surface area contributed by atoms with Gasteiger partial charge in [-0.05, 0) is 31.5 Å². The first kappa shape index (κ1) is 14.2. The zero-order chi connectivity index (χ0) is 13.7. The number of aromatic nitrogens is 3. The number of aromatic amines is 2. The number of ether oxygens (including phenoxy) is 2. The second-order valence-electron chi connectivity index (χ2n) is 4.72. The molecule has 1 saturated heterocycles. The van der Waals surface area contributed by atoms with Crippen LogP contribution < -0.4 is 0 Å². The van der Waals surface area contributed by atoms with Crippen LogP contribution >= 0.6 is 12.2 Å². The standard InChI is InChI=1S/C12H19N3O3S/c1-2-5-17-7-9-6-8(11(16)18-9)3-4-10-13-12(19)15-14-10/h8-9H,2-7H2,1H3,(H2,13,14,15,19)/t8-,9-/m0/s1. The fraction of sp³-hybridized carbons (Fsp3) is 0.750. The van der Waals surface area contributed by atoms with Gasteiger partial charge in [-0.25, -0.2) is 4.98 Å². The second kappa shape index (κ2) is 6.81. The molecule has 1 aromatic rings. The Hall–Kier alpha value is -1.21. The van der Waals surface area contributed by atoms with Crippen molar-refractivity contribution in [1.29, 1.82) is 0 Å². The molecule has 106 valence electrons. The monoisotopic (exact) mass is 285 g/mol. The normalized spacial score (nSPS) is 22.7. The molecule has 1 fully saturated rings. The van der Waals surface area contributed by atoms with Crippen LogP contribution in [0.4, 0.5) is 0 Å².